The predicted octanol–water partition coefficient (Wildman–Crippen LogP) is -0.349. The van der Waals surface area contributed by atoms with Gasteiger partial charge in [-0.2, -0.15) is 0 Å². The maximum absolute atomic E-state index is 6.88. The van der Waals surface area contributed by atoms with Crippen LogP contribution in [0.1, 0.15) is 0 Å². The molecule has 0 aliphatic rings. The van der Waals surface area contributed by atoms with Crippen LogP contribution >= 0.6 is 0 Å². The molecule has 0 spiro atoms. The first kappa shape index (κ1) is 6.26. The van der Waals surface area contributed by atoms with Gasteiger partial charge in [0.05, 0.1) is 0 Å². The average molecular weight is 199 g/mol. The van der Waals surface area contributed by atoms with Crippen LogP contribution in [0.5, 0.6) is 0 Å². The number of nitrogens with one attached hydrogen (secondary N) is 1. The molecular weight excluding hydrogens is 192 g/mol. The van der Waals surface area contributed by atoms with Crippen LogP contribution < -0.4 is 0 Å². The molecule has 1 radical (unpaired) electrons. The Balaban J connectivity index is 3.26. The molecule has 0 aromatic carbocycles. The third-order valence-electron chi connectivity index (χ3n) is 0.406. The molecule has 0 unspecified atom stereocenters. The van der Waals surface area contributed by atoms with E-state index >= 15 is 0 Å². The molecule has 0 heterocycles. The minimum absolute atomic E-state index is 0.603. The number of nitrogens with zero attached hydrogens (tertiary/aromatic N) is 1. The van der Waals surface area contributed by atoms with E-state index < -0.39 is 0 Å². The molecule has 0 saturated heterocycles. The molecule has 2 nitrogen and oxygen atoms in total. The van der Waals surface area contributed by atoms with Crippen LogP contribution in [0.2, 0.25) is 0 Å². The van der Waals surface area contributed by atoms with E-state index in [-0.39, 0.29) is 0 Å². The van der Waals surface area contributed by atoms with Gasteiger partial charge in [-0.05, 0) is 0 Å². The van der Waals surface area contributed by atoms with Crippen molar-refractivity contribution in [2.75, 3.05) is 14.1 Å². The van der Waals surface area contributed by atoms with Crippen molar-refractivity contribution in [3.05, 3.63) is 0 Å². The quantitative estimate of drug-likeness (QED) is 0.322. The zero-order valence-electron chi connectivity index (χ0n) is 3.86. The van der Waals surface area contributed by atoms with E-state index in [1.54, 1.807) is 27.2 Å². The van der Waals surface area contributed by atoms with Crippen LogP contribution in [-0.4, -0.2) is 45.2 Å². The van der Waals surface area contributed by atoms with Crippen LogP contribution in [0.4, 0.5) is 0 Å². The minimum atomic E-state index is 0.603. The van der Waals surface area contributed by atoms with Crippen molar-refractivity contribution < 1.29 is 0 Å². The molecule has 0 aromatic rings. The first-order valence-electron chi connectivity index (χ1n) is 1.57. The van der Waals surface area contributed by atoms with Gasteiger partial charge in [-0.3, -0.25) is 0 Å². The summed E-state index contributed by atoms with van der Waals surface area (Å²) in [5.74, 6) is 0. The molecule has 6 heavy (non-hydrogen) atoms. The molecule has 0 fully saturated rings. The Hall–Kier alpha value is 0.260. The summed E-state index contributed by atoms with van der Waals surface area (Å²) in [4.78, 5) is 1.75. The second kappa shape index (κ2) is 2.44. The average Bonchev–Trinajstić information content (AvgIpc) is 1.36. The van der Waals surface area contributed by atoms with Crippen molar-refractivity contribution in [2.45, 2.75) is 0 Å². The fraction of sp³-hybridized carbons (Fsp3) is 0.667. The fourth-order valence-electron chi connectivity index (χ4n) is 0. The van der Waals surface area contributed by atoms with E-state index in [4.69, 9.17) is 5.41 Å². The molecular formula is C3H7N2Te. The molecule has 0 aliphatic carbocycles. The fourth-order valence-corrected chi connectivity index (χ4v) is 0. The summed E-state index contributed by atoms with van der Waals surface area (Å²) in [6.07, 6.45) is 0. The third kappa shape index (κ3) is 2.49. The van der Waals surface area contributed by atoms with E-state index in [1.165, 1.54) is 0 Å². The van der Waals surface area contributed by atoms with E-state index in [1.807, 2.05) is 14.1 Å². The van der Waals surface area contributed by atoms with Crippen molar-refractivity contribution in [2.24, 2.45) is 0 Å². The molecule has 0 aliphatic heterocycles. The zero-order valence-corrected chi connectivity index (χ0v) is 6.19. The Morgan fingerprint density at radius 3 is 1.83 bits per heavy atom. The molecule has 0 saturated carbocycles. The van der Waals surface area contributed by atoms with Gasteiger partial charge in [0.2, 0.25) is 0 Å². The summed E-state index contributed by atoms with van der Waals surface area (Å²) in [7, 11) is 3.70. The third-order valence-corrected chi connectivity index (χ3v) is 1.45. The van der Waals surface area contributed by atoms with Crippen LogP contribution in [0.25, 0.3) is 0 Å². The van der Waals surface area contributed by atoms with Gasteiger partial charge < -0.3 is 0 Å². The SMILES string of the molecule is CN(C)C(=N)[Te]. The van der Waals surface area contributed by atoms with Gasteiger partial charge in [0.25, 0.3) is 0 Å². The van der Waals surface area contributed by atoms with Crippen LogP contribution in [0, 0.1) is 5.41 Å². The van der Waals surface area contributed by atoms with Crippen LogP contribution in [0.3, 0.4) is 0 Å². The molecule has 0 rings (SSSR count). The Morgan fingerprint density at radius 1 is 1.67 bits per heavy atom. The van der Waals surface area contributed by atoms with E-state index in [0.29, 0.717) is 3.88 Å². The summed E-state index contributed by atoms with van der Waals surface area (Å²) in [6, 6.07) is 0. The number of rotatable bonds is 0. The standard InChI is InChI=1S/C3H7N2Te/c1-5(2)3(4)6/h4H,1-2H3. The molecule has 0 atom stereocenters. The summed E-state index contributed by atoms with van der Waals surface area (Å²) < 4.78 is 0.603. The Kier molecular flexibility index (Phi) is 2.54. The van der Waals surface area contributed by atoms with E-state index in [0.717, 1.165) is 0 Å². The number of amidine groups is 1. The second-order valence-electron chi connectivity index (χ2n) is 1.20. The molecule has 35 valence electrons. The number of hydrogen-bond acceptors (Lipinski definition) is 1. The van der Waals surface area contributed by atoms with Gasteiger partial charge in [-0.1, -0.05) is 0 Å². The van der Waals surface area contributed by atoms with E-state index in [2.05, 4.69) is 0 Å². The summed E-state index contributed by atoms with van der Waals surface area (Å²) in [5, 5.41) is 6.88. The second-order valence-corrected chi connectivity index (χ2v) is 2.30. The summed E-state index contributed by atoms with van der Waals surface area (Å²) in [5.41, 5.74) is 0. The summed E-state index contributed by atoms with van der Waals surface area (Å²) >= 11 is 1.69. The van der Waals surface area contributed by atoms with Crippen LogP contribution in [0.15, 0.2) is 0 Å². The molecule has 0 amide bonds. The van der Waals surface area contributed by atoms with Crippen molar-refractivity contribution in [3.8, 4) is 0 Å². The van der Waals surface area contributed by atoms with Crippen molar-refractivity contribution in [3.63, 3.8) is 0 Å². The first-order valence-corrected chi connectivity index (χ1v) is 2.74. The molecule has 1 N–H and O–H groups in total. The molecule has 0 bridgehead atoms. The van der Waals surface area contributed by atoms with Gasteiger partial charge in [-0.25, -0.2) is 0 Å². The van der Waals surface area contributed by atoms with Gasteiger partial charge >= 0.3 is 50.6 Å². The zero-order chi connectivity index (χ0) is 5.15. The Morgan fingerprint density at radius 2 is 1.83 bits per heavy atom. The summed E-state index contributed by atoms with van der Waals surface area (Å²) in [6.45, 7) is 0. The predicted molar refractivity (Wildman–Crippen MR) is 27.2 cm³/mol. The van der Waals surface area contributed by atoms with Gasteiger partial charge in [-0.15, -0.1) is 0 Å². The van der Waals surface area contributed by atoms with Crippen LogP contribution in [-0.2, 0) is 0 Å². The Bertz CT molecular complexity index is 59.8. The van der Waals surface area contributed by atoms with E-state index in [9.17, 15) is 0 Å². The van der Waals surface area contributed by atoms with Gasteiger partial charge in [0, 0.05) is 0 Å². The topological polar surface area (TPSA) is 27.1 Å². The van der Waals surface area contributed by atoms with Crippen molar-refractivity contribution in [1.82, 2.24) is 4.90 Å². The first-order chi connectivity index (χ1) is 2.64. The van der Waals surface area contributed by atoms with Gasteiger partial charge in [0.15, 0.2) is 0 Å². The van der Waals surface area contributed by atoms with Crippen molar-refractivity contribution in [1.29, 1.82) is 5.41 Å². The van der Waals surface area contributed by atoms with Gasteiger partial charge in [0.1, 0.15) is 0 Å². The molecule has 3 heteroatoms. The number of hydrogen-bond donors (Lipinski definition) is 1. The maximum atomic E-state index is 6.88. The molecule has 0 aromatic heterocycles. The monoisotopic (exact) mass is 201 g/mol. The normalized spacial score (nSPS) is 7.67. The van der Waals surface area contributed by atoms with Crippen molar-refractivity contribution >= 4 is 26.2 Å². The Labute approximate surface area is 50.9 Å².